The van der Waals surface area contributed by atoms with Crippen LogP contribution in [0.25, 0.3) is 0 Å². The molecule has 2 aromatic carbocycles. The van der Waals surface area contributed by atoms with Crippen molar-refractivity contribution in [1.82, 2.24) is 5.32 Å². The summed E-state index contributed by atoms with van der Waals surface area (Å²) in [6.45, 7) is 5.20. The average molecular weight is 388 g/mol. The third kappa shape index (κ3) is 6.98. The van der Waals surface area contributed by atoms with E-state index in [4.69, 9.17) is 4.74 Å². The summed E-state index contributed by atoms with van der Waals surface area (Å²) < 4.78 is 5.17. The van der Waals surface area contributed by atoms with Gasteiger partial charge in [-0.1, -0.05) is 60.7 Å². The summed E-state index contributed by atoms with van der Waals surface area (Å²) in [5, 5.41) is 11.9. The number of ether oxygens (including phenoxy) is 1. The molecule has 0 aliphatic heterocycles. The van der Waals surface area contributed by atoms with Crippen LogP contribution in [0.5, 0.6) is 0 Å². The summed E-state index contributed by atoms with van der Waals surface area (Å²) in [4.78, 5) is 23.6. The second-order valence-electron chi connectivity index (χ2n) is 7.07. The van der Waals surface area contributed by atoms with Crippen LogP contribution in [0.4, 0.5) is 4.79 Å². The van der Waals surface area contributed by atoms with E-state index in [1.807, 2.05) is 60.7 Å². The molecule has 2 N–H and O–H groups in total. The van der Waals surface area contributed by atoms with Gasteiger partial charge in [0.25, 0.3) is 0 Å². The average Bonchev–Trinajstić information content (AvgIpc) is 2.61. The normalized spacial score (nSPS) is 12.4. The number of nitrogens with one attached hydrogen (secondary N) is 1. The van der Waals surface area contributed by atoms with E-state index in [1.165, 1.54) is 11.8 Å². The molecule has 0 bridgehead atoms. The molecule has 0 saturated carbocycles. The fourth-order valence-electron chi connectivity index (χ4n) is 2.46. The topological polar surface area (TPSA) is 75.6 Å². The van der Waals surface area contributed by atoms with E-state index in [-0.39, 0.29) is 11.0 Å². The van der Waals surface area contributed by atoms with Crippen LogP contribution in [0.1, 0.15) is 37.1 Å². The van der Waals surface area contributed by atoms with Crippen molar-refractivity contribution in [2.45, 2.75) is 37.7 Å². The highest BCUT2D eigenvalue weighted by atomic mass is 32.2. The molecule has 27 heavy (non-hydrogen) atoms. The lowest BCUT2D eigenvalue weighted by atomic mass is 10.0. The van der Waals surface area contributed by atoms with Crippen molar-refractivity contribution in [1.29, 1.82) is 0 Å². The molecule has 0 spiro atoms. The van der Waals surface area contributed by atoms with E-state index in [9.17, 15) is 14.7 Å². The van der Waals surface area contributed by atoms with Crippen molar-refractivity contribution >= 4 is 23.8 Å². The summed E-state index contributed by atoms with van der Waals surface area (Å²) in [6, 6.07) is 18.7. The van der Waals surface area contributed by atoms with Crippen molar-refractivity contribution in [2.75, 3.05) is 5.75 Å². The van der Waals surface area contributed by atoms with Gasteiger partial charge in [0.05, 0.1) is 5.25 Å². The molecule has 0 aliphatic carbocycles. The molecular formula is C21H25NO4S. The van der Waals surface area contributed by atoms with E-state index in [0.29, 0.717) is 0 Å². The van der Waals surface area contributed by atoms with Crippen LogP contribution in [0.15, 0.2) is 60.7 Å². The van der Waals surface area contributed by atoms with Gasteiger partial charge in [-0.05, 0) is 31.9 Å². The monoisotopic (exact) mass is 387 g/mol. The second-order valence-corrected chi connectivity index (χ2v) is 8.21. The molecule has 0 aliphatic rings. The van der Waals surface area contributed by atoms with Gasteiger partial charge in [-0.25, -0.2) is 9.59 Å². The Morgan fingerprint density at radius 2 is 1.48 bits per heavy atom. The number of hydrogen-bond donors (Lipinski definition) is 2. The van der Waals surface area contributed by atoms with Gasteiger partial charge in [-0.3, -0.25) is 0 Å². The highest BCUT2D eigenvalue weighted by Gasteiger charge is 2.26. The molecule has 6 heteroatoms. The first kappa shape index (κ1) is 20.8. The van der Waals surface area contributed by atoms with Crippen LogP contribution in [-0.4, -0.2) is 34.6 Å². The first-order chi connectivity index (χ1) is 12.8. The zero-order valence-corrected chi connectivity index (χ0v) is 16.5. The smallest absolute Gasteiger partial charge is 0.408 e. The minimum absolute atomic E-state index is 0.0327. The zero-order chi connectivity index (χ0) is 19.9. The van der Waals surface area contributed by atoms with E-state index in [0.717, 1.165) is 11.1 Å². The van der Waals surface area contributed by atoms with Crippen LogP contribution in [0.2, 0.25) is 0 Å². The van der Waals surface area contributed by atoms with E-state index >= 15 is 0 Å². The number of carbonyl (C=O) groups is 2. The molecule has 2 aromatic rings. The van der Waals surface area contributed by atoms with Crippen LogP contribution < -0.4 is 5.32 Å². The van der Waals surface area contributed by atoms with Gasteiger partial charge in [0.2, 0.25) is 0 Å². The highest BCUT2D eigenvalue weighted by Crippen LogP contribution is 2.35. The number of rotatable bonds is 7. The van der Waals surface area contributed by atoms with Crippen molar-refractivity contribution in [2.24, 2.45) is 0 Å². The Morgan fingerprint density at radius 3 is 1.89 bits per heavy atom. The second kappa shape index (κ2) is 9.46. The maximum Gasteiger partial charge on any atom is 0.408 e. The number of benzene rings is 2. The van der Waals surface area contributed by atoms with Gasteiger partial charge in [0, 0.05) is 5.75 Å². The van der Waals surface area contributed by atoms with Gasteiger partial charge >= 0.3 is 12.1 Å². The van der Waals surface area contributed by atoms with Gasteiger partial charge in [-0.2, -0.15) is 0 Å². The number of thioether (sulfide) groups is 1. The van der Waals surface area contributed by atoms with E-state index < -0.39 is 23.7 Å². The van der Waals surface area contributed by atoms with Crippen molar-refractivity contribution < 1.29 is 19.4 Å². The van der Waals surface area contributed by atoms with Crippen LogP contribution >= 0.6 is 11.8 Å². The molecule has 0 heterocycles. The summed E-state index contributed by atoms with van der Waals surface area (Å²) in [7, 11) is 0. The highest BCUT2D eigenvalue weighted by molar-refractivity contribution is 7.99. The summed E-state index contributed by atoms with van der Waals surface area (Å²) >= 11 is 1.47. The third-order valence-electron chi connectivity index (χ3n) is 3.62. The molecule has 0 saturated heterocycles. The summed E-state index contributed by atoms with van der Waals surface area (Å²) in [6.07, 6.45) is -0.730. The molecule has 0 fully saturated rings. The Morgan fingerprint density at radius 1 is 1.00 bits per heavy atom. The zero-order valence-electron chi connectivity index (χ0n) is 15.7. The largest absolute Gasteiger partial charge is 0.480 e. The van der Waals surface area contributed by atoms with Gasteiger partial charge in [-0.15, -0.1) is 11.8 Å². The van der Waals surface area contributed by atoms with Crippen LogP contribution in [0.3, 0.4) is 0 Å². The lowest BCUT2D eigenvalue weighted by Crippen LogP contribution is -2.45. The van der Waals surface area contributed by atoms with Crippen molar-refractivity contribution in [3.05, 3.63) is 71.8 Å². The number of amides is 1. The predicted molar refractivity (Wildman–Crippen MR) is 108 cm³/mol. The first-order valence-electron chi connectivity index (χ1n) is 8.70. The lowest BCUT2D eigenvalue weighted by molar-refractivity contribution is -0.138. The van der Waals surface area contributed by atoms with Crippen molar-refractivity contribution in [3.8, 4) is 0 Å². The Balaban J connectivity index is 2.12. The Bertz CT molecular complexity index is 704. The molecule has 1 amide bonds. The number of hydrogen-bond acceptors (Lipinski definition) is 4. The fraction of sp³-hybridized carbons (Fsp3) is 0.333. The minimum atomic E-state index is -1.09. The van der Waals surface area contributed by atoms with E-state index in [2.05, 4.69) is 5.32 Å². The van der Waals surface area contributed by atoms with Crippen LogP contribution in [-0.2, 0) is 9.53 Å². The Labute approximate surface area is 164 Å². The molecule has 0 aromatic heterocycles. The SMILES string of the molecule is CC(C)(C)OC(=O)N[C@@H](CSC(c1ccccc1)c1ccccc1)C(=O)O. The Hall–Kier alpha value is -2.47. The molecule has 2 rings (SSSR count). The van der Waals surface area contributed by atoms with Crippen LogP contribution in [0, 0.1) is 0 Å². The van der Waals surface area contributed by atoms with E-state index in [1.54, 1.807) is 20.8 Å². The molecule has 1 atom stereocenters. The maximum absolute atomic E-state index is 12.0. The number of alkyl carbamates (subject to hydrolysis) is 1. The summed E-state index contributed by atoms with van der Waals surface area (Å²) in [5.41, 5.74) is 1.47. The first-order valence-corrected chi connectivity index (χ1v) is 9.75. The number of carbonyl (C=O) groups excluding carboxylic acids is 1. The molecule has 5 nitrogen and oxygen atoms in total. The standard InChI is InChI=1S/C21H25NO4S/c1-21(2,3)26-20(25)22-17(19(23)24)14-27-18(15-10-6-4-7-11-15)16-12-8-5-9-13-16/h4-13,17-18H,14H2,1-3H3,(H,22,25)(H,23,24)/t17-/m0/s1. The number of carboxylic acid groups (broad SMARTS) is 1. The molecule has 0 unspecified atom stereocenters. The number of aliphatic carboxylic acids is 1. The third-order valence-corrected chi connectivity index (χ3v) is 5.03. The minimum Gasteiger partial charge on any atom is -0.480 e. The maximum atomic E-state index is 12.0. The fourth-order valence-corrected chi connectivity index (χ4v) is 3.77. The van der Waals surface area contributed by atoms with Gasteiger partial charge in [0.1, 0.15) is 11.6 Å². The lowest BCUT2D eigenvalue weighted by Gasteiger charge is -2.23. The quantitative estimate of drug-likeness (QED) is 0.732. The summed E-state index contributed by atoms with van der Waals surface area (Å²) in [5.74, 6) is -0.878. The molecule has 144 valence electrons. The Kier molecular flexibility index (Phi) is 7.30. The van der Waals surface area contributed by atoms with Gasteiger partial charge < -0.3 is 15.2 Å². The predicted octanol–water partition coefficient (Wildman–Crippen LogP) is 4.49. The molecular weight excluding hydrogens is 362 g/mol. The van der Waals surface area contributed by atoms with Crippen molar-refractivity contribution in [3.63, 3.8) is 0 Å². The van der Waals surface area contributed by atoms with Gasteiger partial charge in [0.15, 0.2) is 0 Å². The number of carboxylic acids is 1. The molecule has 0 radical (unpaired) electrons.